The van der Waals surface area contributed by atoms with Crippen molar-refractivity contribution in [2.24, 2.45) is 5.41 Å². The van der Waals surface area contributed by atoms with Crippen LogP contribution in [-0.2, 0) is 20.4 Å². The summed E-state index contributed by atoms with van der Waals surface area (Å²) in [5, 5.41) is 0.673. The summed E-state index contributed by atoms with van der Waals surface area (Å²) in [6.45, 7) is 0.857. The summed E-state index contributed by atoms with van der Waals surface area (Å²) in [6.07, 6.45) is 4.93. The molecule has 0 radical (unpaired) electrons. The van der Waals surface area contributed by atoms with Gasteiger partial charge in [-0.2, -0.15) is 0 Å². The summed E-state index contributed by atoms with van der Waals surface area (Å²) >= 11 is 5.93. The van der Waals surface area contributed by atoms with Crippen molar-refractivity contribution < 1.29 is 13.2 Å². The van der Waals surface area contributed by atoms with E-state index in [4.69, 9.17) is 27.0 Å². The van der Waals surface area contributed by atoms with Gasteiger partial charge >= 0.3 is 0 Å². The number of hydrogen-bond donors (Lipinski definition) is 0. The molecule has 1 aliphatic carbocycles. The van der Waals surface area contributed by atoms with Gasteiger partial charge in [0.1, 0.15) is 0 Å². The number of hydrogen-bond acceptors (Lipinski definition) is 3. The van der Waals surface area contributed by atoms with Gasteiger partial charge in [0.05, 0.1) is 19.0 Å². The summed E-state index contributed by atoms with van der Waals surface area (Å²) in [5.74, 6) is -0.00288. The van der Waals surface area contributed by atoms with Crippen molar-refractivity contribution in [1.82, 2.24) is 0 Å². The lowest BCUT2D eigenvalue weighted by molar-refractivity contribution is 0.0242. The van der Waals surface area contributed by atoms with Crippen LogP contribution in [0.15, 0.2) is 24.3 Å². The Bertz CT molecular complexity index is 566. The Labute approximate surface area is 136 Å². The van der Waals surface area contributed by atoms with Crippen LogP contribution in [-0.4, -0.2) is 20.8 Å². The second-order valence-corrected chi connectivity index (χ2v) is 9.08. The molecular formula is C15H20Cl2O3S. The predicted octanol–water partition coefficient (Wildman–Crippen LogP) is 4.38. The normalized spacial score (nSPS) is 18.6. The second-order valence-electron chi connectivity index (χ2n) is 5.87. The van der Waals surface area contributed by atoms with E-state index in [1.165, 1.54) is 0 Å². The molecule has 0 unspecified atom stereocenters. The van der Waals surface area contributed by atoms with E-state index in [0.717, 1.165) is 37.7 Å². The minimum atomic E-state index is -3.51. The molecule has 3 nitrogen and oxygen atoms in total. The maximum Gasteiger partial charge on any atom is 0.233 e. The first-order valence-corrected chi connectivity index (χ1v) is 9.99. The lowest BCUT2D eigenvalue weighted by atomic mass is 9.76. The second kappa shape index (κ2) is 7.32. The van der Waals surface area contributed by atoms with Crippen LogP contribution >= 0.6 is 22.3 Å². The molecule has 21 heavy (non-hydrogen) atoms. The molecule has 0 saturated heterocycles. The zero-order chi connectivity index (χ0) is 15.3. The first kappa shape index (κ1) is 17.1. The topological polar surface area (TPSA) is 43.4 Å². The van der Waals surface area contributed by atoms with Gasteiger partial charge in [-0.25, -0.2) is 8.42 Å². The molecule has 1 fully saturated rings. The van der Waals surface area contributed by atoms with E-state index in [0.29, 0.717) is 18.2 Å². The third kappa shape index (κ3) is 5.78. The molecule has 1 aromatic rings. The highest BCUT2D eigenvalue weighted by atomic mass is 35.7. The first-order valence-electron chi connectivity index (χ1n) is 7.13. The van der Waals surface area contributed by atoms with Crippen molar-refractivity contribution in [3.63, 3.8) is 0 Å². The lowest BCUT2D eigenvalue weighted by Gasteiger charge is -2.36. The van der Waals surface area contributed by atoms with Crippen LogP contribution in [0.1, 0.15) is 37.7 Å². The van der Waals surface area contributed by atoms with Gasteiger partial charge in [-0.1, -0.05) is 43.0 Å². The fourth-order valence-electron chi connectivity index (χ4n) is 3.01. The zero-order valence-corrected chi connectivity index (χ0v) is 14.2. The first-order chi connectivity index (χ1) is 9.89. The van der Waals surface area contributed by atoms with Gasteiger partial charge in [-0.15, -0.1) is 0 Å². The maximum atomic E-state index is 11.5. The highest BCUT2D eigenvalue weighted by molar-refractivity contribution is 8.13. The summed E-state index contributed by atoms with van der Waals surface area (Å²) in [5.41, 5.74) is 0.652. The minimum Gasteiger partial charge on any atom is -0.376 e. The monoisotopic (exact) mass is 350 g/mol. The summed E-state index contributed by atoms with van der Waals surface area (Å²) < 4.78 is 28.7. The standard InChI is InChI=1S/C15H20Cl2O3S/c16-14-6-4-5-13(9-14)10-20-11-15(12-21(17,18)19)7-2-1-3-8-15/h4-6,9H,1-3,7-8,10-12H2. The molecule has 6 heteroatoms. The Kier molecular flexibility index (Phi) is 5.95. The molecular weight excluding hydrogens is 331 g/mol. The Morgan fingerprint density at radius 3 is 2.52 bits per heavy atom. The van der Waals surface area contributed by atoms with E-state index in [9.17, 15) is 8.42 Å². The molecule has 0 spiro atoms. The van der Waals surface area contributed by atoms with Crippen molar-refractivity contribution in [3.8, 4) is 0 Å². The molecule has 0 heterocycles. The SMILES string of the molecule is O=S(=O)(Cl)CC1(COCc2cccc(Cl)c2)CCCCC1. The van der Waals surface area contributed by atoms with Crippen molar-refractivity contribution in [2.75, 3.05) is 12.4 Å². The Morgan fingerprint density at radius 1 is 1.19 bits per heavy atom. The number of ether oxygens (including phenoxy) is 1. The Balaban J connectivity index is 1.96. The van der Waals surface area contributed by atoms with Crippen LogP contribution in [0.2, 0.25) is 5.02 Å². The van der Waals surface area contributed by atoms with Crippen LogP contribution < -0.4 is 0 Å². The Morgan fingerprint density at radius 2 is 1.90 bits per heavy atom. The predicted molar refractivity (Wildman–Crippen MR) is 86.3 cm³/mol. The van der Waals surface area contributed by atoms with Gasteiger partial charge in [-0.3, -0.25) is 0 Å². The summed E-state index contributed by atoms with van der Waals surface area (Å²) in [4.78, 5) is 0. The molecule has 0 amide bonds. The third-order valence-electron chi connectivity index (χ3n) is 3.96. The molecule has 0 aliphatic heterocycles. The van der Waals surface area contributed by atoms with E-state index < -0.39 is 9.05 Å². The molecule has 2 rings (SSSR count). The maximum absolute atomic E-state index is 11.5. The van der Waals surface area contributed by atoms with Gasteiger partial charge in [0.2, 0.25) is 9.05 Å². The van der Waals surface area contributed by atoms with Crippen LogP contribution in [0.5, 0.6) is 0 Å². The van der Waals surface area contributed by atoms with E-state index >= 15 is 0 Å². The van der Waals surface area contributed by atoms with Crippen molar-refractivity contribution in [3.05, 3.63) is 34.9 Å². The quantitative estimate of drug-likeness (QED) is 0.715. The van der Waals surface area contributed by atoms with Crippen LogP contribution in [0, 0.1) is 5.41 Å². The molecule has 0 N–H and O–H groups in total. The average molecular weight is 351 g/mol. The smallest absolute Gasteiger partial charge is 0.233 e. The summed E-state index contributed by atoms with van der Waals surface area (Å²) in [6, 6.07) is 7.49. The lowest BCUT2D eigenvalue weighted by Crippen LogP contribution is -2.35. The molecule has 118 valence electrons. The summed E-state index contributed by atoms with van der Waals surface area (Å²) in [7, 11) is 1.96. The highest BCUT2D eigenvalue weighted by Crippen LogP contribution is 2.38. The minimum absolute atomic E-state index is 0.00288. The van der Waals surface area contributed by atoms with Gasteiger partial charge in [0.25, 0.3) is 0 Å². The highest BCUT2D eigenvalue weighted by Gasteiger charge is 2.36. The number of halogens is 2. The van der Waals surface area contributed by atoms with Crippen molar-refractivity contribution in [2.45, 2.75) is 38.7 Å². The molecule has 0 atom stereocenters. The third-order valence-corrected chi connectivity index (χ3v) is 5.48. The fraction of sp³-hybridized carbons (Fsp3) is 0.600. The molecule has 1 aromatic carbocycles. The van der Waals surface area contributed by atoms with Crippen LogP contribution in [0.3, 0.4) is 0 Å². The van der Waals surface area contributed by atoms with Crippen molar-refractivity contribution in [1.29, 1.82) is 0 Å². The van der Waals surface area contributed by atoms with Crippen molar-refractivity contribution >= 4 is 31.3 Å². The molecule has 1 saturated carbocycles. The van der Waals surface area contributed by atoms with Gasteiger partial charge in [-0.05, 0) is 30.5 Å². The van der Waals surface area contributed by atoms with Crippen LogP contribution in [0.25, 0.3) is 0 Å². The number of rotatable bonds is 6. The van der Waals surface area contributed by atoms with E-state index in [2.05, 4.69) is 0 Å². The van der Waals surface area contributed by atoms with Gasteiger partial charge in [0.15, 0.2) is 0 Å². The van der Waals surface area contributed by atoms with E-state index in [1.807, 2.05) is 24.3 Å². The van der Waals surface area contributed by atoms with Gasteiger partial charge < -0.3 is 4.74 Å². The Hall–Kier alpha value is -0.290. The zero-order valence-electron chi connectivity index (χ0n) is 11.9. The number of benzene rings is 1. The van der Waals surface area contributed by atoms with E-state index in [-0.39, 0.29) is 11.2 Å². The molecule has 1 aliphatic rings. The van der Waals surface area contributed by atoms with E-state index in [1.54, 1.807) is 0 Å². The van der Waals surface area contributed by atoms with Crippen LogP contribution in [0.4, 0.5) is 0 Å². The van der Waals surface area contributed by atoms with Gasteiger partial charge in [0, 0.05) is 21.1 Å². The average Bonchev–Trinajstić information content (AvgIpc) is 2.37. The molecule has 0 bridgehead atoms. The molecule has 0 aromatic heterocycles. The fourth-order valence-corrected chi connectivity index (χ4v) is 5.02. The largest absolute Gasteiger partial charge is 0.376 e.